The molecule has 3 N–H and O–H groups in total. The van der Waals surface area contributed by atoms with Gasteiger partial charge in [0.05, 0.1) is 12.1 Å². The number of hydrogen-bond acceptors (Lipinski definition) is 4. The van der Waals surface area contributed by atoms with Gasteiger partial charge in [-0.3, -0.25) is 9.78 Å². The fraction of sp³-hybridized carbons (Fsp3) is 0.471. The van der Waals surface area contributed by atoms with Crippen molar-refractivity contribution in [1.82, 2.24) is 15.6 Å². The lowest BCUT2D eigenvalue weighted by molar-refractivity contribution is -0.122. The second-order valence-corrected chi connectivity index (χ2v) is 12.4. The molecule has 5 nitrogen and oxygen atoms in total. The van der Waals surface area contributed by atoms with Crippen LogP contribution in [-0.2, 0) is 28.6 Å². The lowest BCUT2D eigenvalue weighted by atomic mass is 9.74. The summed E-state index contributed by atoms with van der Waals surface area (Å²) in [4.78, 5) is 17.1. The highest BCUT2D eigenvalue weighted by atomic mass is 19.1. The SMILES string of the molecule is CC(C)(C)c1cccc(C2(NCC(O)C(Cc3cc(F)cc(F)c3)NC(=O)CCc3cccnc3)CCCCC2)c1. The van der Waals surface area contributed by atoms with Gasteiger partial charge in [-0.1, -0.05) is 70.4 Å². The van der Waals surface area contributed by atoms with Crippen LogP contribution in [0.4, 0.5) is 8.78 Å². The molecule has 0 radical (unpaired) electrons. The molecule has 0 saturated heterocycles. The van der Waals surface area contributed by atoms with Crippen LogP contribution in [0.15, 0.2) is 67.0 Å². The van der Waals surface area contributed by atoms with Crippen LogP contribution in [0.25, 0.3) is 0 Å². The minimum atomic E-state index is -0.978. The molecule has 1 aromatic heterocycles. The largest absolute Gasteiger partial charge is 0.390 e. The number of nitrogens with one attached hydrogen (secondary N) is 2. The Morgan fingerprint density at radius 1 is 1.00 bits per heavy atom. The van der Waals surface area contributed by atoms with Crippen molar-refractivity contribution in [1.29, 1.82) is 0 Å². The van der Waals surface area contributed by atoms with Crippen molar-refractivity contribution >= 4 is 5.91 Å². The first kappa shape index (κ1) is 30.8. The van der Waals surface area contributed by atoms with Crippen molar-refractivity contribution in [3.63, 3.8) is 0 Å². The third-order valence-electron chi connectivity index (χ3n) is 8.19. The van der Waals surface area contributed by atoms with E-state index < -0.39 is 23.8 Å². The van der Waals surface area contributed by atoms with E-state index in [0.717, 1.165) is 37.3 Å². The number of aromatic nitrogens is 1. The molecule has 0 spiro atoms. The molecule has 4 rings (SSSR count). The zero-order chi connectivity index (χ0) is 29.5. The summed E-state index contributed by atoms with van der Waals surface area (Å²) < 4.78 is 28.0. The number of amides is 1. The zero-order valence-corrected chi connectivity index (χ0v) is 24.4. The molecule has 2 atom stereocenters. The summed E-state index contributed by atoms with van der Waals surface area (Å²) in [6.45, 7) is 6.83. The summed E-state index contributed by atoms with van der Waals surface area (Å²) in [6.07, 6.45) is 8.47. The Balaban J connectivity index is 1.52. The topological polar surface area (TPSA) is 74.2 Å². The van der Waals surface area contributed by atoms with Crippen LogP contribution in [-0.4, -0.2) is 34.7 Å². The van der Waals surface area contributed by atoms with E-state index in [9.17, 15) is 18.7 Å². The fourth-order valence-electron chi connectivity index (χ4n) is 5.80. The second-order valence-electron chi connectivity index (χ2n) is 12.4. The molecule has 3 aromatic rings. The van der Waals surface area contributed by atoms with Gasteiger partial charge < -0.3 is 15.7 Å². The van der Waals surface area contributed by atoms with Gasteiger partial charge in [0.2, 0.25) is 5.91 Å². The molecule has 1 amide bonds. The van der Waals surface area contributed by atoms with Crippen LogP contribution in [0.2, 0.25) is 0 Å². The van der Waals surface area contributed by atoms with Crippen molar-refractivity contribution < 1.29 is 18.7 Å². The van der Waals surface area contributed by atoms with Gasteiger partial charge in [-0.2, -0.15) is 0 Å². The van der Waals surface area contributed by atoms with Crippen LogP contribution >= 0.6 is 0 Å². The summed E-state index contributed by atoms with van der Waals surface area (Å²) in [5.41, 5.74) is 3.50. The van der Waals surface area contributed by atoms with Gasteiger partial charge in [-0.15, -0.1) is 0 Å². The molecule has 1 aliphatic carbocycles. The number of aliphatic hydroxyl groups is 1. The van der Waals surface area contributed by atoms with Crippen molar-refractivity contribution in [3.05, 3.63) is 101 Å². The highest BCUT2D eigenvalue weighted by Crippen LogP contribution is 2.38. The molecule has 2 aromatic carbocycles. The lowest BCUT2D eigenvalue weighted by Crippen LogP contribution is -2.53. The van der Waals surface area contributed by atoms with E-state index in [4.69, 9.17) is 0 Å². The summed E-state index contributed by atoms with van der Waals surface area (Å²) in [5, 5.41) is 18.1. The quantitative estimate of drug-likeness (QED) is 0.263. The van der Waals surface area contributed by atoms with Crippen LogP contribution in [0, 0.1) is 11.6 Å². The Labute approximate surface area is 242 Å². The predicted molar refractivity (Wildman–Crippen MR) is 158 cm³/mol. The van der Waals surface area contributed by atoms with Crippen LogP contribution in [0.5, 0.6) is 0 Å². The minimum Gasteiger partial charge on any atom is -0.390 e. The van der Waals surface area contributed by atoms with Gasteiger partial charge in [-0.05, 0) is 71.6 Å². The molecular formula is C34H43F2N3O2. The van der Waals surface area contributed by atoms with Crippen molar-refractivity contribution in [2.24, 2.45) is 0 Å². The molecule has 7 heteroatoms. The number of carbonyl (C=O) groups is 1. The number of hydrogen-bond donors (Lipinski definition) is 3. The Bertz CT molecular complexity index is 1270. The number of aliphatic hydroxyl groups excluding tert-OH is 1. The number of rotatable bonds is 11. The van der Waals surface area contributed by atoms with E-state index in [1.165, 1.54) is 29.7 Å². The van der Waals surface area contributed by atoms with Gasteiger partial charge in [-0.25, -0.2) is 8.78 Å². The number of pyridine rings is 1. The van der Waals surface area contributed by atoms with Gasteiger partial charge in [0, 0.05) is 37.0 Å². The van der Waals surface area contributed by atoms with Gasteiger partial charge in [0.15, 0.2) is 0 Å². The number of benzene rings is 2. The molecule has 0 aliphatic heterocycles. The molecule has 220 valence electrons. The monoisotopic (exact) mass is 563 g/mol. The first-order chi connectivity index (χ1) is 19.5. The number of nitrogens with zero attached hydrogens (tertiary/aromatic N) is 1. The molecule has 2 unspecified atom stereocenters. The lowest BCUT2D eigenvalue weighted by Gasteiger charge is -2.41. The van der Waals surface area contributed by atoms with Crippen LogP contribution in [0.3, 0.4) is 0 Å². The summed E-state index contributed by atoms with van der Waals surface area (Å²) in [7, 11) is 0. The zero-order valence-electron chi connectivity index (χ0n) is 24.4. The third kappa shape index (κ3) is 8.66. The first-order valence-corrected chi connectivity index (χ1v) is 14.7. The van der Waals surface area contributed by atoms with E-state index in [0.29, 0.717) is 12.0 Å². The molecule has 1 fully saturated rings. The van der Waals surface area contributed by atoms with Crippen molar-refractivity contribution in [2.75, 3.05) is 6.54 Å². The van der Waals surface area contributed by atoms with E-state index in [-0.39, 0.29) is 36.2 Å². The number of carbonyl (C=O) groups excluding carboxylic acids is 1. The average molecular weight is 564 g/mol. The normalized spacial score (nSPS) is 16.6. The molecule has 41 heavy (non-hydrogen) atoms. The van der Waals surface area contributed by atoms with E-state index in [2.05, 4.69) is 60.7 Å². The Morgan fingerprint density at radius 3 is 2.39 bits per heavy atom. The van der Waals surface area contributed by atoms with Gasteiger partial charge in [0.25, 0.3) is 0 Å². The van der Waals surface area contributed by atoms with Crippen LogP contribution < -0.4 is 10.6 Å². The van der Waals surface area contributed by atoms with Gasteiger partial charge in [0.1, 0.15) is 11.6 Å². The Morgan fingerprint density at radius 2 is 1.73 bits per heavy atom. The van der Waals surface area contributed by atoms with E-state index >= 15 is 0 Å². The highest BCUT2D eigenvalue weighted by Gasteiger charge is 2.35. The Hall–Kier alpha value is -3.16. The molecular weight excluding hydrogens is 520 g/mol. The molecule has 1 aliphatic rings. The van der Waals surface area contributed by atoms with E-state index in [1.807, 2.05) is 12.1 Å². The fourth-order valence-corrected chi connectivity index (χ4v) is 5.80. The maximum atomic E-state index is 14.0. The second kappa shape index (κ2) is 13.7. The number of aryl methyl sites for hydroxylation is 1. The smallest absolute Gasteiger partial charge is 0.220 e. The van der Waals surface area contributed by atoms with Crippen molar-refractivity contribution in [2.45, 2.75) is 95.2 Å². The molecule has 1 heterocycles. The maximum Gasteiger partial charge on any atom is 0.220 e. The summed E-state index contributed by atoms with van der Waals surface area (Å²) >= 11 is 0. The van der Waals surface area contributed by atoms with Crippen molar-refractivity contribution in [3.8, 4) is 0 Å². The first-order valence-electron chi connectivity index (χ1n) is 14.7. The third-order valence-corrected chi connectivity index (χ3v) is 8.19. The average Bonchev–Trinajstić information content (AvgIpc) is 2.94. The Kier molecular flexibility index (Phi) is 10.3. The number of halogens is 2. The minimum absolute atomic E-state index is 0.0107. The molecule has 0 bridgehead atoms. The maximum absolute atomic E-state index is 14.0. The standard InChI is InChI=1S/C34H43F2N3O2/c1-33(2,3)26-10-7-11-27(20-26)34(14-5-4-6-15-34)38-23-31(40)30(19-25-17-28(35)21-29(36)18-25)39-32(41)13-12-24-9-8-16-37-22-24/h7-11,16-18,20-22,30-31,38,40H,4-6,12-15,19,23H2,1-3H3,(H,39,41). The van der Waals surface area contributed by atoms with Gasteiger partial charge >= 0.3 is 0 Å². The summed E-state index contributed by atoms with van der Waals surface area (Å²) in [5.74, 6) is -1.61. The van der Waals surface area contributed by atoms with Crippen LogP contribution in [0.1, 0.15) is 81.5 Å². The summed E-state index contributed by atoms with van der Waals surface area (Å²) in [6, 6.07) is 15.0. The highest BCUT2D eigenvalue weighted by molar-refractivity contribution is 5.76. The van der Waals surface area contributed by atoms with E-state index in [1.54, 1.807) is 12.4 Å². The predicted octanol–water partition coefficient (Wildman–Crippen LogP) is 6.13. The molecule has 1 saturated carbocycles.